The van der Waals surface area contributed by atoms with Gasteiger partial charge >= 0.3 is 0 Å². The van der Waals surface area contributed by atoms with Gasteiger partial charge in [0.1, 0.15) is 0 Å². The molecule has 2 saturated heterocycles. The summed E-state index contributed by atoms with van der Waals surface area (Å²) in [5.41, 5.74) is 1.71. The maximum Gasteiger partial charge on any atom is 0.253 e. The van der Waals surface area contributed by atoms with E-state index in [0.29, 0.717) is 13.2 Å². The summed E-state index contributed by atoms with van der Waals surface area (Å²) in [5, 5.41) is 0. The van der Waals surface area contributed by atoms with E-state index >= 15 is 0 Å². The van der Waals surface area contributed by atoms with Crippen molar-refractivity contribution in [1.29, 1.82) is 0 Å². The van der Waals surface area contributed by atoms with Crippen LogP contribution in [0.2, 0.25) is 0 Å². The van der Waals surface area contributed by atoms with E-state index in [1.807, 2.05) is 36.1 Å². The first kappa shape index (κ1) is 13.6. The molecule has 0 atom stereocenters. The molecule has 1 amide bonds. The molecule has 1 aromatic carbocycles. The largest absolute Gasteiger partial charge is 0.344 e. The minimum absolute atomic E-state index is 0.134. The summed E-state index contributed by atoms with van der Waals surface area (Å²) >= 11 is 0. The molecule has 0 spiro atoms. The van der Waals surface area contributed by atoms with E-state index in [9.17, 15) is 4.79 Å². The molecule has 0 aliphatic carbocycles. The molecule has 2 aliphatic heterocycles. The van der Waals surface area contributed by atoms with Gasteiger partial charge in [0.05, 0.1) is 13.2 Å². The Morgan fingerprint density at radius 1 is 1.05 bits per heavy atom. The molecule has 0 aromatic heterocycles. The number of piperidine rings is 1. The van der Waals surface area contributed by atoms with Crippen LogP contribution in [-0.2, 0) is 15.3 Å². The normalized spacial score (nSPS) is 21.9. The van der Waals surface area contributed by atoms with Crippen LogP contribution in [0.3, 0.4) is 0 Å². The Balaban J connectivity index is 1.73. The van der Waals surface area contributed by atoms with Gasteiger partial charge in [0.2, 0.25) is 0 Å². The topological polar surface area (TPSA) is 38.8 Å². The van der Waals surface area contributed by atoms with Crippen LogP contribution < -0.4 is 0 Å². The second kappa shape index (κ2) is 5.54. The zero-order valence-corrected chi connectivity index (χ0v) is 11.9. The Hall–Kier alpha value is -1.39. The van der Waals surface area contributed by atoms with Gasteiger partial charge < -0.3 is 14.4 Å². The van der Waals surface area contributed by atoms with Crippen LogP contribution in [0.4, 0.5) is 0 Å². The quantitative estimate of drug-likeness (QED) is 0.832. The number of ether oxygens (including phenoxy) is 2. The lowest BCUT2D eigenvalue weighted by Crippen LogP contribution is -2.35. The first-order valence-electron chi connectivity index (χ1n) is 7.37. The van der Waals surface area contributed by atoms with Crippen LogP contribution in [0.15, 0.2) is 24.3 Å². The third kappa shape index (κ3) is 2.58. The fourth-order valence-corrected chi connectivity index (χ4v) is 2.88. The van der Waals surface area contributed by atoms with Gasteiger partial charge in [-0.2, -0.15) is 0 Å². The molecule has 0 unspecified atom stereocenters. The zero-order valence-electron chi connectivity index (χ0n) is 11.9. The van der Waals surface area contributed by atoms with Crippen molar-refractivity contribution in [3.8, 4) is 0 Å². The number of nitrogens with zero attached hydrogens (tertiary/aromatic N) is 1. The van der Waals surface area contributed by atoms with Gasteiger partial charge in [-0.15, -0.1) is 0 Å². The molecular formula is C16H21NO3. The third-order valence-corrected chi connectivity index (χ3v) is 4.14. The van der Waals surface area contributed by atoms with Gasteiger partial charge in [-0.1, -0.05) is 12.1 Å². The highest BCUT2D eigenvalue weighted by Crippen LogP contribution is 2.30. The zero-order chi connectivity index (χ0) is 14.0. The van der Waals surface area contributed by atoms with E-state index in [1.165, 1.54) is 6.42 Å². The third-order valence-electron chi connectivity index (χ3n) is 4.14. The standard InChI is InChI=1S/C16H21NO3/c1-16(19-11-12-20-16)14-7-5-13(6-8-14)15(18)17-9-3-2-4-10-17/h5-8H,2-4,9-12H2,1H3. The van der Waals surface area contributed by atoms with Gasteiger partial charge in [-0.05, 0) is 38.3 Å². The number of benzene rings is 1. The van der Waals surface area contributed by atoms with Crippen molar-refractivity contribution in [3.63, 3.8) is 0 Å². The summed E-state index contributed by atoms with van der Waals surface area (Å²) in [4.78, 5) is 14.3. The van der Waals surface area contributed by atoms with Crippen LogP contribution >= 0.6 is 0 Å². The Morgan fingerprint density at radius 2 is 1.65 bits per heavy atom. The van der Waals surface area contributed by atoms with Crippen molar-refractivity contribution in [2.24, 2.45) is 0 Å². The number of amides is 1. The van der Waals surface area contributed by atoms with Crippen LogP contribution in [0.25, 0.3) is 0 Å². The number of rotatable bonds is 2. The molecule has 108 valence electrons. The lowest BCUT2D eigenvalue weighted by Gasteiger charge is -2.27. The molecule has 2 fully saturated rings. The molecule has 1 aromatic rings. The second-order valence-electron chi connectivity index (χ2n) is 5.57. The lowest BCUT2D eigenvalue weighted by molar-refractivity contribution is -0.149. The molecule has 2 heterocycles. The van der Waals surface area contributed by atoms with Crippen LogP contribution in [0.5, 0.6) is 0 Å². The van der Waals surface area contributed by atoms with Crippen molar-refractivity contribution >= 4 is 5.91 Å². The van der Waals surface area contributed by atoms with Gasteiger partial charge in [0, 0.05) is 24.2 Å². The van der Waals surface area contributed by atoms with Crippen molar-refractivity contribution < 1.29 is 14.3 Å². The predicted molar refractivity (Wildman–Crippen MR) is 75.5 cm³/mol. The van der Waals surface area contributed by atoms with Crippen LogP contribution in [0.1, 0.15) is 42.1 Å². The fourth-order valence-electron chi connectivity index (χ4n) is 2.88. The monoisotopic (exact) mass is 275 g/mol. The first-order chi connectivity index (χ1) is 9.69. The lowest BCUT2D eigenvalue weighted by atomic mass is 10.0. The van der Waals surface area contributed by atoms with E-state index in [4.69, 9.17) is 9.47 Å². The Morgan fingerprint density at radius 3 is 2.25 bits per heavy atom. The molecule has 0 bridgehead atoms. The summed E-state index contributed by atoms with van der Waals surface area (Å²) in [6, 6.07) is 7.62. The average Bonchev–Trinajstić information content (AvgIpc) is 2.96. The molecule has 4 heteroatoms. The Labute approximate surface area is 119 Å². The number of likely N-dealkylation sites (tertiary alicyclic amines) is 1. The van der Waals surface area contributed by atoms with Gasteiger partial charge in [-0.3, -0.25) is 4.79 Å². The molecule has 2 aliphatic rings. The molecular weight excluding hydrogens is 254 g/mol. The van der Waals surface area contributed by atoms with Crippen LogP contribution in [0, 0.1) is 0 Å². The van der Waals surface area contributed by atoms with Gasteiger partial charge in [-0.25, -0.2) is 0 Å². The summed E-state index contributed by atoms with van der Waals surface area (Å²) in [7, 11) is 0. The van der Waals surface area contributed by atoms with E-state index in [2.05, 4.69) is 0 Å². The van der Waals surface area contributed by atoms with E-state index in [1.54, 1.807) is 0 Å². The SMILES string of the molecule is CC1(c2ccc(C(=O)N3CCCCC3)cc2)OCCO1. The van der Waals surface area contributed by atoms with Crippen molar-refractivity contribution in [2.75, 3.05) is 26.3 Å². The van der Waals surface area contributed by atoms with Crippen molar-refractivity contribution in [2.45, 2.75) is 32.0 Å². The minimum atomic E-state index is -0.660. The smallest absolute Gasteiger partial charge is 0.253 e. The maximum atomic E-state index is 12.4. The maximum absolute atomic E-state index is 12.4. The first-order valence-corrected chi connectivity index (χ1v) is 7.37. The van der Waals surface area contributed by atoms with E-state index in [-0.39, 0.29) is 5.91 Å². The van der Waals surface area contributed by atoms with Crippen LogP contribution in [-0.4, -0.2) is 37.1 Å². The van der Waals surface area contributed by atoms with E-state index in [0.717, 1.165) is 37.1 Å². The van der Waals surface area contributed by atoms with Crippen molar-refractivity contribution in [1.82, 2.24) is 4.90 Å². The van der Waals surface area contributed by atoms with E-state index < -0.39 is 5.79 Å². The van der Waals surface area contributed by atoms with Gasteiger partial charge in [0.25, 0.3) is 5.91 Å². The molecule has 0 saturated carbocycles. The highest BCUT2D eigenvalue weighted by atomic mass is 16.7. The molecule has 0 radical (unpaired) electrons. The number of carbonyl (C=O) groups is 1. The second-order valence-corrected chi connectivity index (χ2v) is 5.57. The summed E-state index contributed by atoms with van der Waals surface area (Å²) < 4.78 is 11.3. The van der Waals surface area contributed by atoms with Gasteiger partial charge in [0.15, 0.2) is 5.79 Å². The summed E-state index contributed by atoms with van der Waals surface area (Å²) in [6.45, 7) is 4.91. The number of carbonyl (C=O) groups excluding carboxylic acids is 1. The molecule has 0 N–H and O–H groups in total. The van der Waals surface area contributed by atoms with Crippen molar-refractivity contribution in [3.05, 3.63) is 35.4 Å². The number of hydrogen-bond acceptors (Lipinski definition) is 3. The summed E-state index contributed by atoms with van der Waals surface area (Å²) in [6.07, 6.45) is 3.46. The predicted octanol–water partition coefficient (Wildman–Crippen LogP) is 2.53. The fraction of sp³-hybridized carbons (Fsp3) is 0.562. The Kier molecular flexibility index (Phi) is 3.76. The molecule has 20 heavy (non-hydrogen) atoms. The number of hydrogen-bond donors (Lipinski definition) is 0. The highest BCUT2D eigenvalue weighted by Gasteiger charge is 2.33. The molecule has 3 rings (SSSR count). The average molecular weight is 275 g/mol. The Bertz CT molecular complexity index is 471. The molecule has 4 nitrogen and oxygen atoms in total. The highest BCUT2D eigenvalue weighted by molar-refractivity contribution is 5.94. The minimum Gasteiger partial charge on any atom is -0.344 e. The summed E-state index contributed by atoms with van der Waals surface area (Å²) in [5.74, 6) is -0.526.